The molecule has 0 atom stereocenters. The van der Waals surface area contributed by atoms with E-state index in [0.29, 0.717) is 12.1 Å². The Kier molecular flexibility index (Phi) is 4.90. The van der Waals surface area contributed by atoms with Crippen molar-refractivity contribution in [2.75, 3.05) is 32.9 Å². The van der Waals surface area contributed by atoms with E-state index in [-0.39, 0.29) is 11.6 Å². The molecule has 17 heavy (non-hydrogen) atoms. The lowest BCUT2D eigenvalue weighted by Crippen LogP contribution is -2.27. The third-order valence-electron chi connectivity index (χ3n) is 2.33. The SMILES string of the molecule is CN(C)CCCNC(=O)c1ccc(F)cc1N. The van der Waals surface area contributed by atoms with Crippen molar-refractivity contribution >= 4 is 11.6 Å². The summed E-state index contributed by atoms with van der Waals surface area (Å²) in [5, 5.41) is 2.75. The summed E-state index contributed by atoms with van der Waals surface area (Å²) in [5.41, 5.74) is 6.04. The third-order valence-corrected chi connectivity index (χ3v) is 2.33. The molecule has 0 aliphatic rings. The Hall–Kier alpha value is -1.62. The van der Waals surface area contributed by atoms with E-state index < -0.39 is 5.82 Å². The number of hydrogen-bond acceptors (Lipinski definition) is 3. The van der Waals surface area contributed by atoms with Crippen LogP contribution in [0.15, 0.2) is 18.2 Å². The van der Waals surface area contributed by atoms with Crippen LogP contribution in [-0.2, 0) is 0 Å². The molecule has 4 nitrogen and oxygen atoms in total. The monoisotopic (exact) mass is 239 g/mol. The summed E-state index contributed by atoms with van der Waals surface area (Å²) in [7, 11) is 3.94. The molecule has 0 aliphatic heterocycles. The fourth-order valence-electron chi connectivity index (χ4n) is 1.43. The standard InChI is InChI=1S/C12H18FN3O/c1-16(2)7-3-6-15-12(17)10-5-4-9(13)8-11(10)14/h4-5,8H,3,6-7,14H2,1-2H3,(H,15,17). The molecule has 0 bridgehead atoms. The van der Waals surface area contributed by atoms with Crippen LogP contribution in [-0.4, -0.2) is 38.0 Å². The van der Waals surface area contributed by atoms with Crippen LogP contribution in [0.5, 0.6) is 0 Å². The third kappa shape index (κ3) is 4.40. The predicted molar refractivity (Wildman–Crippen MR) is 66.3 cm³/mol. The van der Waals surface area contributed by atoms with Crippen molar-refractivity contribution in [2.45, 2.75) is 6.42 Å². The van der Waals surface area contributed by atoms with Gasteiger partial charge in [0.05, 0.1) is 5.56 Å². The minimum absolute atomic E-state index is 0.162. The summed E-state index contributed by atoms with van der Waals surface area (Å²) in [6.45, 7) is 1.48. The zero-order valence-electron chi connectivity index (χ0n) is 10.2. The number of carbonyl (C=O) groups is 1. The summed E-state index contributed by atoms with van der Waals surface area (Å²) in [4.78, 5) is 13.7. The van der Waals surface area contributed by atoms with E-state index in [4.69, 9.17) is 5.73 Å². The van der Waals surface area contributed by atoms with E-state index in [1.165, 1.54) is 12.1 Å². The molecule has 1 aromatic carbocycles. The maximum Gasteiger partial charge on any atom is 0.253 e. The second-order valence-corrected chi connectivity index (χ2v) is 4.14. The molecule has 0 heterocycles. The first-order valence-electron chi connectivity index (χ1n) is 5.48. The Morgan fingerprint density at radius 2 is 2.18 bits per heavy atom. The smallest absolute Gasteiger partial charge is 0.253 e. The molecule has 0 unspecified atom stereocenters. The highest BCUT2D eigenvalue weighted by Crippen LogP contribution is 2.12. The zero-order valence-corrected chi connectivity index (χ0v) is 10.2. The van der Waals surface area contributed by atoms with Gasteiger partial charge >= 0.3 is 0 Å². The summed E-state index contributed by atoms with van der Waals surface area (Å²) in [5.74, 6) is -0.701. The molecule has 3 N–H and O–H groups in total. The van der Waals surface area contributed by atoms with Crippen LogP contribution in [0.2, 0.25) is 0 Å². The van der Waals surface area contributed by atoms with E-state index in [0.717, 1.165) is 19.0 Å². The molecule has 0 fully saturated rings. The number of benzene rings is 1. The number of hydrogen-bond donors (Lipinski definition) is 2. The van der Waals surface area contributed by atoms with Crippen molar-refractivity contribution < 1.29 is 9.18 Å². The second-order valence-electron chi connectivity index (χ2n) is 4.14. The van der Waals surface area contributed by atoms with Crippen LogP contribution in [0.1, 0.15) is 16.8 Å². The number of carbonyl (C=O) groups excluding carboxylic acids is 1. The number of rotatable bonds is 5. The summed E-state index contributed by atoms with van der Waals surface area (Å²) in [6, 6.07) is 3.77. The quantitative estimate of drug-likeness (QED) is 0.597. The van der Waals surface area contributed by atoms with Gasteiger partial charge in [-0.1, -0.05) is 0 Å². The van der Waals surface area contributed by atoms with Gasteiger partial charge in [0.25, 0.3) is 5.91 Å². The number of anilines is 1. The van der Waals surface area contributed by atoms with Crippen LogP contribution in [0.4, 0.5) is 10.1 Å². The fraction of sp³-hybridized carbons (Fsp3) is 0.417. The number of amides is 1. The molecule has 0 saturated heterocycles. The summed E-state index contributed by atoms with van der Waals surface area (Å²) in [6.07, 6.45) is 0.861. The Morgan fingerprint density at radius 3 is 2.76 bits per heavy atom. The predicted octanol–water partition coefficient (Wildman–Crippen LogP) is 1.09. The Morgan fingerprint density at radius 1 is 1.47 bits per heavy atom. The Bertz CT molecular complexity index is 393. The van der Waals surface area contributed by atoms with Gasteiger partial charge in [-0.2, -0.15) is 0 Å². The Labute approximate surface area is 101 Å². The molecular formula is C12H18FN3O. The molecule has 1 aromatic rings. The van der Waals surface area contributed by atoms with Gasteiger partial charge in [0.1, 0.15) is 5.82 Å². The molecule has 0 aromatic heterocycles. The van der Waals surface area contributed by atoms with Crippen LogP contribution in [0.25, 0.3) is 0 Å². The molecule has 0 radical (unpaired) electrons. The lowest BCUT2D eigenvalue weighted by Gasteiger charge is -2.10. The minimum Gasteiger partial charge on any atom is -0.398 e. The van der Waals surface area contributed by atoms with Crippen LogP contribution in [0, 0.1) is 5.82 Å². The largest absolute Gasteiger partial charge is 0.398 e. The van der Waals surface area contributed by atoms with Crippen molar-refractivity contribution in [3.05, 3.63) is 29.6 Å². The van der Waals surface area contributed by atoms with Gasteiger partial charge in [-0.25, -0.2) is 4.39 Å². The molecule has 0 spiro atoms. The van der Waals surface area contributed by atoms with E-state index >= 15 is 0 Å². The number of nitrogen functional groups attached to an aromatic ring is 1. The minimum atomic E-state index is -0.438. The summed E-state index contributed by atoms with van der Waals surface area (Å²) >= 11 is 0. The lowest BCUT2D eigenvalue weighted by molar-refractivity contribution is 0.0953. The van der Waals surface area contributed by atoms with Crippen LogP contribution < -0.4 is 11.1 Å². The van der Waals surface area contributed by atoms with Gasteiger partial charge in [0, 0.05) is 12.2 Å². The van der Waals surface area contributed by atoms with Gasteiger partial charge in [-0.3, -0.25) is 4.79 Å². The van der Waals surface area contributed by atoms with E-state index in [2.05, 4.69) is 5.32 Å². The van der Waals surface area contributed by atoms with Gasteiger partial charge in [0.15, 0.2) is 0 Å². The highest BCUT2D eigenvalue weighted by Gasteiger charge is 2.09. The van der Waals surface area contributed by atoms with Crippen molar-refractivity contribution in [1.29, 1.82) is 0 Å². The van der Waals surface area contributed by atoms with Crippen molar-refractivity contribution in [3.63, 3.8) is 0 Å². The molecule has 5 heteroatoms. The van der Waals surface area contributed by atoms with Gasteiger partial charge in [0.2, 0.25) is 0 Å². The number of nitrogens with zero attached hydrogens (tertiary/aromatic N) is 1. The van der Waals surface area contributed by atoms with Crippen molar-refractivity contribution in [3.8, 4) is 0 Å². The van der Waals surface area contributed by atoms with Crippen LogP contribution in [0.3, 0.4) is 0 Å². The highest BCUT2D eigenvalue weighted by molar-refractivity contribution is 5.99. The van der Waals surface area contributed by atoms with E-state index in [9.17, 15) is 9.18 Å². The van der Waals surface area contributed by atoms with Gasteiger partial charge in [-0.05, 0) is 45.3 Å². The average molecular weight is 239 g/mol. The number of nitrogens with one attached hydrogen (secondary N) is 1. The van der Waals surface area contributed by atoms with Crippen LogP contribution >= 0.6 is 0 Å². The van der Waals surface area contributed by atoms with E-state index in [1.807, 2.05) is 19.0 Å². The summed E-state index contributed by atoms with van der Waals surface area (Å²) < 4.78 is 12.8. The maximum atomic E-state index is 12.8. The average Bonchev–Trinajstić information content (AvgIpc) is 2.23. The molecule has 1 rings (SSSR count). The first-order chi connectivity index (χ1) is 8.00. The van der Waals surface area contributed by atoms with Gasteiger partial charge in [-0.15, -0.1) is 0 Å². The fourth-order valence-corrected chi connectivity index (χ4v) is 1.43. The molecule has 1 amide bonds. The topological polar surface area (TPSA) is 58.4 Å². The van der Waals surface area contributed by atoms with E-state index in [1.54, 1.807) is 0 Å². The first-order valence-corrected chi connectivity index (χ1v) is 5.48. The highest BCUT2D eigenvalue weighted by atomic mass is 19.1. The lowest BCUT2D eigenvalue weighted by atomic mass is 10.1. The molecule has 94 valence electrons. The van der Waals surface area contributed by atoms with Crippen molar-refractivity contribution in [1.82, 2.24) is 10.2 Å². The first kappa shape index (κ1) is 13.4. The Balaban J connectivity index is 2.47. The number of halogens is 1. The maximum absolute atomic E-state index is 12.8. The van der Waals surface area contributed by atoms with Crippen molar-refractivity contribution in [2.24, 2.45) is 0 Å². The van der Waals surface area contributed by atoms with Gasteiger partial charge < -0.3 is 16.0 Å². The number of nitrogens with two attached hydrogens (primary N) is 1. The second kappa shape index (κ2) is 6.20. The molecular weight excluding hydrogens is 221 g/mol. The normalized spacial score (nSPS) is 10.6. The zero-order chi connectivity index (χ0) is 12.8. The molecule has 0 saturated carbocycles. The molecule has 0 aliphatic carbocycles.